The Bertz CT molecular complexity index is 961. The van der Waals surface area contributed by atoms with Gasteiger partial charge in [0.25, 0.3) is 0 Å². The molecular weight excluding hydrogens is 332 g/mol. The van der Waals surface area contributed by atoms with Crippen molar-refractivity contribution >= 4 is 28.3 Å². The summed E-state index contributed by atoms with van der Waals surface area (Å²) in [5, 5.41) is 13.5. The molecule has 6 heteroatoms. The minimum absolute atomic E-state index is 0.0546. The average molecular weight is 352 g/mol. The molecule has 1 heterocycles. The summed E-state index contributed by atoms with van der Waals surface area (Å²) in [7, 11) is 1.54. The lowest BCUT2D eigenvalue weighted by molar-refractivity contribution is -0.137. The van der Waals surface area contributed by atoms with E-state index in [-0.39, 0.29) is 12.2 Å². The minimum Gasteiger partial charge on any atom is -0.495 e. The molecule has 1 unspecified atom stereocenters. The number of anilines is 1. The van der Waals surface area contributed by atoms with Crippen molar-refractivity contribution in [2.75, 3.05) is 12.4 Å². The van der Waals surface area contributed by atoms with Gasteiger partial charge in [-0.25, -0.2) is 4.79 Å². The summed E-state index contributed by atoms with van der Waals surface area (Å²) < 4.78 is 5.28. The Morgan fingerprint density at radius 3 is 2.65 bits per heavy atom. The summed E-state index contributed by atoms with van der Waals surface area (Å²) in [4.78, 5) is 26.9. The molecule has 3 N–H and O–H groups in total. The van der Waals surface area contributed by atoms with Crippen LogP contribution in [0.2, 0.25) is 0 Å². The number of hydrogen-bond acceptors (Lipinski definition) is 4. The maximum atomic E-state index is 11.9. The molecule has 0 saturated heterocycles. The van der Waals surface area contributed by atoms with Crippen LogP contribution in [-0.2, 0) is 11.2 Å². The van der Waals surface area contributed by atoms with Crippen LogP contribution >= 0.6 is 0 Å². The largest absolute Gasteiger partial charge is 0.495 e. The third-order valence-electron chi connectivity index (χ3n) is 4.33. The van der Waals surface area contributed by atoms with Crippen LogP contribution in [0.1, 0.15) is 22.8 Å². The first-order chi connectivity index (χ1) is 12.5. The van der Waals surface area contributed by atoms with Crippen molar-refractivity contribution in [3.8, 4) is 5.75 Å². The summed E-state index contributed by atoms with van der Waals surface area (Å²) in [6.07, 6.45) is 1.98. The van der Waals surface area contributed by atoms with Gasteiger partial charge in [-0.05, 0) is 30.7 Å². The van der Waals surface area contributed by atoms with Crippen LogP contribution in [0.25, 0.3) is 10.9 Å². The number of ketones is 1. The lowest BCUT2D eigenvalue weighted by Crippen LogP contribution is -2.31. The number of nitrogens with one attached hydrogen (secondary N) is 2. The third kappa shape index (κ3) is 3.39. The molecular formula is C20H20N2O4. The van der Waals surface area contributed by atoms with Crippen LogP contribution in [0.4, 0.5) is 5.69 Å². The van der Waals surface area contributed by atoms with Crippen LogP contribution < -0.4 is 10.1 Å². The summed E-state index contributed by atoms with van der Waals surface area (Å²) in [5.41, 5.74) is 2.78. The molecule has 0 aliphatic rings. The molecule has 0 aliphatic carbocycles. The van der Waals surface area contributed by atoms with Crippen LogP contribution in [0.15, 0.2) is 48.7 Å². The quantitative estimate of drug-likeness (QED) is 0.566. The molecule has 6 nitrogen and oxygen atoms in total. The number of Topliss-reactive ketones (excluding diaryl/α,β-unsaturated/α-hetero) is 1. The zero-order valence-electron chi connectivity index (χ0n) is 14.6. The summed E-state index contributed by atoms with van der Waals surface area (Å²) >= 11 is 0. The van der Waals surface area contributed by atoms with Gasteiger partial charge in [0.15, 0.2) is 5.78 Å². The van der Waals surface area contributed by atoms with Gasteiger partial charge in [-0.2, -0.15) is 0 Å². The van der Waals surface area contributed by atoms with E-state index in [4.69, 9.17) is 4.74 Å². The number of carbonyl (C=O) groups excluding carboxylic acids is 1. The van der Waals surface area contributed by atoms with Gasteiger partial charge in [0.1, 0.15) is 11.8 Å². The fraction of sp³-hybridized carbons (Fsp3) is 0.200. The first-order valence-corrected chi connectivity index (χ1v) is 8.23. The molecule has 0 radical (unpaired) electrons. The fourth-order valence-corrected chi connectivity index (χ4v) is 3.08. The maximum Gasteiger partial charge on any atom is 0.326 e. The molecule has 1 atom stereocenters. The van der Waals surface area contributed by atoms with Gasteiger partial charge in [0.05, 0.1) is 12.8 Å². The lowest BCUT2D eigenvalue weighted by Gasteiger charge is -2.18. The number of benzene rings is 2. The Morgan fingerprint density at radius 1 is 1.19 bits per heavy atom. The normalized spacial score (nSPS) is 11.9. The van der Waals surface area contributed by atoms with Crippen LogP contribution in [0, 0.1) is 0 Å². The van der Waals surface area contributed by atoms with E-state index in [1.54, 1.807) is 30.5 Å². The molecule has 1 aromatic heterocycles. The first-order valence-electron chi connectivity index (χ1n) is 8.23. The number of carboxylic acid groups (broad SMARTS) is 1. The number of para-hydroxylation sites is 2. The van der Waals surface area contributed by atoms with E-state index in [0.29, 0.717) is 17.0 Å². The second kappa shape index (κ2) is 7.31. The monoisotopic (exact) mass is 352 g/mol. The Kier molecular flexibility index (Phi) is 4.93. The average Bonchev–Trinajstić information content (AvgIpc) is 3.04. The second-order valence-corrected chi connectivity index (χ2v) is 6.04. The number of aromatic nitrogens is 1. The molecule has 3 rings (SSSR count). The molecule has 0 saturated carbocycles. The number of rotatable bonds is 7. The number of ether oxygens (including phenoxy) is 1. The van der Waals surface area contributed by atoms with Gasteiger partial charge in [-0.15, -0.1) is 0 Å². The lowest BCUT2D eigenvalue weighted by atomic mass is 9.99. The molecule has 0 spiro atoms. The zero-order valence-corrected chi connectivity index (χ0v) is 14.6. The van der Waals surface area contributed by atoms with Gasteiger partial charge in [0, 0.05) is 29.1 Å². The number of hydrogen-bond donors (Lipinski definition) is 3. The van der Waals surface area contributed by atoms with Gasteiger partial charge >= 0.3 is 5.97 Å². The summed E-state index contributed by atoms with van der Waals surface area (Å²) in [6.45, 7) is 1.51. The molecule has 0 amide bonds. The molecule has 0 bridgehead atoms. The molecule has 0 fully saturated rings. The van der Waals surface area contributed by atoms with Crippen LogP contribution in [0.3, 0.4) is 0 Å². The van der Waals surface area contributed by atoms with Crippen molar-refractivity contribution in [3.63, 3.8) is 0 Å². The van der Waals surface area contributed by atoms with E-state index >= 15 is 0 Å². The zero-order chi connectivity index (χ0) is 18.7. The molecule has 26 heavy (non-hydrogen) atoms. The number of fused-ring (bicyclic) bond motifs is 1. The molecule has 0 aliphatic heterocycles. The number of methoxy groups -OCH3 is 1. The topological polar surface area (TPSA) is 91.4 Å². The van der Waals surface area contributed by atoms with Crippen molar-refractivity contribution in [1.29, 1.82) is 0 Å². The van der Waals surface area contributed by atoms with E-state index in [1.165, 1.54) is 14.0 Å². The van der Waals surface area contributed by atoms with Crippen molar-refractivity contribution in [1.82, 2.24) is 4.98 Å². The SMILES string of the molecule is COc1ccccc1NC(Cc1c[nH]c2cccc(C(C)=O)c12)C(=O)O. The predicted octanol–water partition coefficient (Wildman–Crippen LogP) is 3.49. The van der Waals surface area contributed by atoms with E-state index in [1.807, 2.05) is 18.2 Å². The molecule has 2 aromatic carbocycles. The number of carboxylic acids is 1. The standard InChI is InChI=1S/C20H20N2O4/c1-12(23)14-6-5-8-16-19(14)13(11-21-16)10-17(20(24)25)22-15-7-3-4-9-18(15)26-2/h3-9,11,17,21-22H,10H2,1-2H3,(H,24,25). The highest BCUT2D eigenvalue weighted by Crippen LogP contribution is 2.27. The Labute approximate surface area is 150 Å². The minimum atomic E-state index is -0.981. The fourth-order valence-electron chi connectivity index (χ4n) is 3.08. The van der Waals surface area contributed by atoms with E-state index in [0.717, 1.165) is 16.5 Å². The first kappa shape index (κ1) is 17.5. The van der Waals surface area contributed by atoms with Crippen molar-refractivity contribution < 1.29 is 19.4 Å². The molecule has 3 aromatic rings. The second-order valence-electron chi connectivity index (χ2n) is 6.04. The van der Waals surface area contributed by atoms with Crippen LogP contribution in [-0.4, -0.2) is 35.0 Å². The predicted molar refractivity (Wildman–Crippen MR) is 100 cm³/mol. The van der Waals surface area contributed by atoms with Crippen LogP contribution in [0.5, 0.6) is 5.75 Å². The van der Waals surface area contributed by atoms with Gasteiger partial charge in [-0.1, -0.05) is 24.3 Å². The number of aromatic amines is 1. The van der Waals surface area contributed by atoms with Gasteiger partial charge in [-0.3, -0.25) is 4.79 Å². The van der Waals surface area contributed by atoms with E-state index in [9.17, 15) is 14.7 Å². The van der Waals surface area contributed by atoms with Crippen molar-refractivity contribution in [2.24, 2.45) is 0 Å². The number of aliphatic carboxylic acids is 1. The van der Waals surface area contributed by atoms with Crippen molar-refractivity contribution in [3.05, 3.63) is 59.8 Å². The Morgan fingerprint density at radius 2 is 1.96 bits per heavy atom. The highest BCUT2D eigenvalue weighted by atomic mass is 16.5. The van der Waals surface area contributed by atoms with Gasteiger partial charge < -0.3 is 20.1 Å². The molecule has 134 valence electrons. The third-order valence-corrected chi connectivity index (χ3v) is 4.33. The Balaban J connectivity index is 1.95. The van der Waals surface area contributed by atoms with E-state index < -0.39 is 12.0 Å². The summed E-state index contributed by atoms with van der Waals surface area (Å²) in [5.74, 6) is -0.464. The Hall–Kier alpha value is -3.28. The number of carbonyl (C=O) groups is 2. The highest BCUT2D eigenvalue weighted by molar-refractivity contribution is 6.07. The van der Waals surface area contributed by atoms with E-state index in [2.05, 4.69) is 10.3 Å². The number of H-pyrrole nitrogens is 1. The van der Waals surface area contributed by atoms with Gasteiger partial charge in [0.2, 0.25) is 0 Å². The smallest absolute Gasteiger partial charge is 0.326 e. The highest BCUT2D eigenvalue weighted by Gasteiger charge is 2.22. The maximum absolute atomic E-state index is 11.9. The van der Waals surface area contributed by atoms with Crippen molar-refractivity contribution in [2.45, 2.75) is 19.4 Å². The summed E-state index contributed by atoms with van der Waals surface area (Å²) in [6, 6.07) is 11.7.